The van der Waals surface area contributed by atoms with Gasteiger partial charge in [-0.1, -0.05) is 12.1 Å². The van der Waals surface area contributed by atoms with E-state index in [1.807, 2.05) is 29.6 Å². The molecule has 3 rings (SSSR count). The van der Waals surface area contributed by atoms with Gasteiger partial charge in [0.15, 0.2) is 10.8 Å². The maximum absolute atomic E-state index is 11.9. The number of amides is 1. The van der Waals surface area contributed by atoms with Gasteiger partial charge in [-0.3, -0.25) is 4.79 Å². The van der Waals surface area contributed by atoms with Crippen molar-refractivity contribution in [3.63, 3.8) is 0 Å². The summed E-state index contributed by atoms with van der Waals surface area (Å²) in [5, 5.41) is 14.8. The summed E-state index contributed by atoms with van der Waals surface area (Å²) in [6, 6.07) is 10.6. The number of thiazole rings is 1. The molecule has 1 aromatic carbocycles. The van der Waals surface area contributed by atoms with Crippen LogP contribution in [0.4, 0.5) is 0 Å². The Hall–Kier alpha value is -2.60. The van der Waals surface area contributed by atoms with Gasteiger partial charge in [0, 0.05) is 11.8 Å². The van der Waals surface area contributed by atoms with Gasteiger partial charge in [-0.15, -0.1) is 11.3 Å². The molecule has 0 fully saturated rings. The smallest absolute Gasteiger partial charge is 0.220 e. The summed E-state index contributed by atoms with van der Waals surface area (Å²) < 4.78 is 5.30. The number of hydrogen-bond acceptors (Lipinski definition) is 5. The summed E-state index contributed by atoms with van der Waals surface area (Å²) in [6.45, 7) is 0.408. The molecule has 2 heterocycles. The monoisotopic (exact) mass is 328 g/mol. The van der Waals surface area contributed by atoms with Crippen LogP contribution in [0.3, 0.4) is 0 Å². The fourth-order valence-corrected chi connectivity index (χ4v) is 2.89. The number of rotatable bonds is 6. The number of aromatic nitrogens is 1. The number of aryl methyl sites for hydroxylation is 1. The van der Waals surface area contributed by atoms with Crippen LogP contribution < -0.4 is 5.32 Å². The predicted octanol–water partition coefficient (Wildman–Crippen LogP) is 3.36. The number of aromatic hydroxyl groups is 1. The van der Waals surface area contributed by atoms with Gasteiger partial charge in [0.2, 0.25) is 5.91 Å². The molecular weight excluding hydrogens is 312 g/mol. The van der Waals surface area contributed by atoms with E-state index in [0.29, 0.717) is 19.4 Å². The van der Waals surface area contributed by atoms with Gasteiger partial charge in [0.05, 0.1) is 18.5 Å². The maximum Gasteiger partial charge on any atom is 0.220 e. The van der Waals surface area contributed by atoms with E-state index in [1.165, 1.54) is 11.3 Å². The third-order valence-electron chi connectivity index (χ3n) is 3.33. The highest BCUT2D eigenvalue weighted by molar-refractivity contribution is 7.13. The van der Waals surface area contributed by atoms with E-state index in [-0.39, 0.29) is 11.7 Å². The third-order valence-corrected chi connectivity index (χ3v) is 4.23. The minimum absolute atomic E-state index is 0.0226. The molecule has 0 aliphatic heterocycles. The molecule has 23 heavy (non-hydrogen) atoms. The summed E-state index contributed by atoms with van der Waals surface area (Å²) in [4.78, 5) is 16.3. The maximum atomic E-state index is 11.9. The zero-order valence-electron chi connectivity index (χ0n) is 12.4. The summed E-state index contributed by atoms with van der Waals surface area (Å²) in [6.07, 6.45) is 2.66. The normalized spacial score (nSPS) is 10.6. The summed E-state index contributed by atoms with van der Waals surface area (Å²) >= 11 is 1.49. The lowest BCUT2D eigenvalue weighted by Gasteiger charge is -2.04. The minimum Gasteiger partial charge on any atom is -0.508 e. The second-order valence-corrected chi connectivity index (χ2v) is 5.92. The van der Waals surface area contributed by atoms with E-state index in [0.717, 1.165) is 22.0 Å². The molecule has 0 atom stereocenters. The first-order chi connectivity index (χ1) is 11.2. The highest BCUT2D eigenvalue weighted by Gasteiger charge is 2.08. The Morgan fingerprint density at radius 3 is 2.83 bits per heavy atom. The van der Waals surface area contributed by atoms with Crippen LogP contribution in [-0.2, 0) is 17.8 Å². The molecule has 0 saturated carbocycles. The molecule has 0 bridgehead atoms. The van der Waals surface area contributed by atoms with Crippen molar-refractivity contribution < 1.29 is 14.3 Å². The second kappa shape index (κ2) is 7.11. The number of phenols is 1. The molecule has 0 spiro atoms. The van der Waals surface area contributed by atoms with E-state index in [4.69, 9.17) is 4.42 Å². The molecule has 2 N–H and O–H groups in total. The van der Waals surface area contributed by atoms with Crippen LogP contribution in [0.5, 0.6) is 5.75 Å². The minimum atomic E-state index is -0.0226. The van der Waals surface area contributed by atoms with Gasteiger partial charge in [0.25, 0.3) is 0 Å². The molecule has 2 aromatic heterocycles. The average Bonchev–Trinajstić information content (AvgIpc) is 3.23. The Morgan fingerprint density at radius 2 is 2.09 bits per heavy atom. The van der Waals surface area contributed by atoms with Gasteiger partial charge in [-0.05, 0) is 36.2 Å². The van der Waals surface area contributed by atoms with Gasteiger partial charge in [0.1, 0.15) is 5.75 Å². The molecule has 6 heteroatoms. The largest absolute Gasteiger partial charge is 0.508 e. The van der Waals surface area contributed by atoms with E-state index in [1.54, 1.807) is 18.4 Å². The zero-order valence-corrected chi connectivity index (χ0v) is 13.2. The van der Waals surface area contributed by atoms with Crippen LogP contribution in [0.15, 0.2) is 52.5 Å². The van der Waals surface area contributed by atoms with Crippen LogP contribution in [0, 0.1) is 0 Å². The molecule has 0 aliphatic rings. The molecule has 0 unspecified atom stereocenters. The van der Waals surface area contributed by atoms with Crippen LogP contribution in [0.2, 0.25) is 0 Å². The topological polar surface area (TPSA) is 75.4 Å². The molecule has 118 valence electrons. The van der Waals surface area contributed by atoms with Crippen molar-refractivity contribution in [1.29, 1.82) is 0 Å². The lowest BCUT2D eigenvalue weighted by molar-refractivity contribution is -0.121. The number of benzene rings is 1. The van der Waals surface area contributed by atoms with Gasteiger partial charge < -0.3 is 14.8 Å². The lowest BCUT2D eigenvalue weighted by Crippen LogP contribution is -2.23. The van der Waals surface area contributed by atoms with Crippen molar-refractivity contribution in [2.24, 2.45) is 0 Å². The first-order valence-electron chi connectivity index (χ1n) is 7.23. The Bertz CT molecular complexity index is 764. The molecule has 1 amide bonds. The number of carbonyl (C=O) groups is 1. The Balaban J connectivity index is 1.46. The fourth-order valence-electron chi connectivity index (χ4n) is 2.10. The fraction of sp³-hybridized carbons (Fsp3) is 0.176. The van der Waals surface area contributed by atoms with Gasteiger partial charge in [-0.25, -0.2) is 4.98 Å². The van der Waals surface area contributed by atoms with E-state index >= 15 is 0 Å². The highest BCUT2D eigenvalue weighted by atomic mass is 32.1. The molecular formula is C17H16N2O3S. The standard InChI is InChI=1S/C17H16N2O3S/c20-14-6-3-12(4-7-14)5-8-16(21)18-10-13-11-23-17(19-13)15-2-1-9-22-15/h1-4,6-7,9,11,20H,5,8,10H2,(H,18,21). The Labute approximate surface area is 137 Å². The molecule has 3 aromatic rings. The van der Waals surface area contributed by atoms with Crippen molar-refractivity contribution in [2.45, 2.75) is 19.4 Å². The van der Waals surface area contributed by atoms with Crippen LogP contribution in [-0.4, -0.2) is 16.0 Å². The summed E-state index contributed by atoms with van der Waals surface area (Å²) in [5.41, 5.74) is 1.84. The second-order valence-electron chi connectivity index (χ2n) is 5.06. The SMILES string of the molecule is O=C(CCc1ccc(O)cc1)NCc1csc(-c2ccco2)n1. The number of nitrogens with zero attached hydrogens (tertiary/aromatic N) is 1. The quantitative estimate of drug-likeness (QED) is 0.727. The van der Waals surface area contributed by atoms with Crippen LogP contribution >= 0.6 is 11.3 Å². The number of hydrogen-bond donors (Lipinski definition) is 2. The highest BCUT2D eigenvalue weighted by Crippen LogP contribution is 2.23. The zero-order chi connectivity index (χ0) is 16.1. The van der Waals surface area contributed by atoms with Crippen molar-refractivity contribution in [1.82, 2.24) is 10.3 Å². The van der Waals surface area contributed by atoms with Gasteiger partial charge in [-0.2, -0.15) is 0 Å². The number of nitrogens with one attached hydrogen (secondary N) is 1. The van der Waals surface area contributed by atoms with Crippen molar-refractivity contribution >= 4 is 17.2 Å². The van der Waals surface area contributed by atoms with Crippen molar-refractivity contribution in [3.05, 3.63) is 59.3 Å². The average molecular weight is 328 g/mol. The van der Waals surface area contributed by atoms with E-state index < -0.39 is 0 Å². The lowest BCUT2D eigenvalue weighted by atomic mass is 10.1. The first-order valence-corrected chi connectivity index (χ1v) is 8.11. The summed E-state index contributed by atoms with van der Waals surface area (Å²) in [5.74, 6) is 0.944. The number of furan rings is 1. The predicted molar refractivity (Wildman–Crippen MR) is 88.1 cm³/mol. The Kier molecular flexibility index (Phi) is 4.73. The summed E-state index contributed by atoms with van der Waals surface area (Å²) in [7, 11) is 0. The number of phenolic OH excluding ortho intramolecular Hbond substituents is 1. The van der Waals surface area contributed by atoms with E-state index in [9.17, 15) is 9.90 Å². The molecule has 0 radical (unpaired) electrons. The Morgan fingerprint density at radius 1 is 1.26 bits per heavy atom. The molecule has 5 nitrogen and oxygen atoms in total. The van der Waals surface area contributed by atoms with Crippen LogP contribution in [0.1, 0.15) is 17.7 Å². The van der Waals surface area contributed by atoms with Crippen molar-refractivity contribution in [2.75, 3.05) is 0 Å². The third kappa shape index (κ3) is 4.20. The van der Waals surface area contributed by atoms with Gasteiger partial charge >= 0.3 is 0 Å². The van der Waals surface area contributed by atoms with Crippen molar-refractivity contribution in [3.8, 4) is 16.5 Å². The van der Waals surface area contributed by atoms with Crippen LogP contribution in [0.25, 0.3) is 10.8 Å². The molecule has 0 saturated heterocycles. The first kappa shape index (κ1) is 15.3. The van der Waals surface area contributed by atoms with E-state index in [2.05, 4.69) is 10.3 Å². The number of carbonyl (C=O) groups excluding carboxylic acids is 1. The molecule has 0 aliphatic carbocycles.